The Labute approximate surface area is 132 Å². The molecule has 1 saturated heterocycles. The molecule has 1 N–H and O–H groups in total. The minimum atomic E-state index is -1.35. The zero-order valence-electron chi connectivity index (χ0n) is 13.2. The maximum Gasteiger partial charge on any atom is 0.351 e. The highest BCUT2D eigenvalue weighted by atomic mass is 16.6. The number of aliphatic imine (C=N–C) groups is 1. The van der Waals surface area contributed by atoms with Crippen LogP contribution in [-0.4, -0.2) is 52.3 Å². The van der Waals surface area contributed by atoms with Gasteiger partial charge in [-0.1, -0.05) is 12.0 Å². The van der Waals surface area contributed by atoms with Gasteiger partial charge >= 0.3 is 5.69 Å². The Bertz CT molecular complexity index is 695. The van der Waals surface area contributed by atoms with Gasteiger partial charge in [-0.05, 0) is 18.0 Å². The normalized spacial score (nSPS) is 27.1. The summed E-state index contributed by atoms with van der Waals surface area (Å²) in [4.78, 5) is 24.6. The van der Waals surface area contributed by atoms with Gasteiger partial charge in [-0.3, -0.25) is 4.57 Å². The maximum atomic E-state index is 12.2. The van der Waals surface area contributed by atoms with Crippen LogP contribution >= 0.6 is 0 Å². The number of aromatic nitrogens is 2. The average Bonchev–Trinajstić information content (AvgIpc) is 2.83. The fraction of sp³-hybridized carbons (Fsp3) is 0.615. The zero-order chi connectivity index (χ0) is 17.0. The lowest BCUT2D eigenvalue weighted by Crippen LogP contribution is -2.32. The molecule has 0 amide bonds. The first kappa shape index (κ1) is 16.9. The molecule has 2 heterocycles. The zero-order valence-corrected chi connectivity index (χ0v) is 13.2. The van der Waals surface area contributed by atoms with Gasteiger partial charge in [0.05, 0.1) is 12.9 Å². The highest BCUT2D eigenvalue weighted by Gasteiger charge is 2.45. The molecule has 0 bridgehead atoms. The summed E-state index contributed by atoms with van der Waals surface area (Å²) in [6.07, 6.45) is 2.71. The Kier molecular flexibility index (Phi) is 4.99. The number of azide groups is 1. The summed E-state index contributed by atoms with van der Waals surface area (Å²) in [5.74, 6) is 0.150. The Morgan fingerprint density at radius 2 is 2.43 bits per heavy atom. The van der Waals surface area contributed by atoms with Crippen molar-refractivity contribution in [3.05, 3.63) is 33.2 Å². The van der Waals surface area contributed by atoms with Crippen LogP contribution in [0.4, 0.5) is 5.82 Å². The van der Waals surface area contributed by atoms with Gasteiger partial charge in [0, 0.05) is 31.1 Å². The van der Waals surface area contributed by atoms with Crippen LogP contribution in [0.25, 0.3) is 10.4 Å². The maximum absolute atomic E-state index is 12.2. The van der Waals surface area contributed by atoms with E-state index in [4.69, 9.17) is 10.3 Å². The molecule has 1 aromatic heterocycles. The van der Waals surface area contributed by atoms with Crippen LogP contribution in [0.2, 0.25) is 0 Å². The van der Waals surface area contributed by atoms with Crippen molar-refractivity contribution in [2.24, 2.45) is 16.0 Å². The summed E-state index contributed by atoms with van der Waals surface area (Å²) >= 11 is 0. The highest BCUT2D eigenvalue weighted by Crippen LogP contribution is 2.41. The molecule has 1 aliphatic rings. The van der Waals surface area contributed by atoms with Crippen LogP contribution in [0, 0.1) is 5.92 Å². The van der Waals surface area contributed by atoms with Crippen LogP contribution in [0.3, 0.4) is 0 Å². The van der Waals surface area contributed by atoms with Crippen molar-refractivity contribution in [2.45, 2.75) is 25.3 Å². The minimum Gasteiger partial charge on any atom is -0.393 e. The summed E-state index contributed by atoms with van der Waals surface area (Å²) in [6, 6.07) is 1.59. The molecule has 23 heavy (non-hydrogen) atoms. The van der Waals surface area contributed by atoms with E-state index in [9.17, 15) is 9.90 Å². The number of aliphatic hydroxyl groups is 1. The molecule has 1 fully saturated rings. The minimum absolute atomic E-state index is 0.136. The van der Waals surface area contributed by atoms with Gasteiger partial charge in [0.2, 0.25) is 0 Å². The van der Waals surface area contributed by atoms with Gasteiger partial charge in [0.1, 0.15) is 6.23 Å². The highest BCUT2D eigenvalue weighted by molar-refractivity contribution is 5.58. The van der Waals surface area contributed by atoms with Gasteiger partial charge in [-0.15, -0.1) is 0 Å². The monoisotopic (exact) mass is 321 g/mol. The van der Waals surface area contributed by atoms with E-state index in [2.05, 4.69) is 20.0 Å². The number of aliphatic hydroxyl groups excluding tert-OH is 1. The van der Waals surface area contributed by atoms with Gasteiger partial charge in [-0.2, -0.15) is 4.98 Å². The van der Waals surface area contributed by atoms with E-state index in [1.807, 2.05) is 21.0 Å². The van der Waals surface area contributed by atoms with Crippen molar-refractivity contribution < 1.29 is 9.84 Å². The van der Waals surface area contributed by atoms with Crippen molar-refractivity contribution in [2.75, 3.05) is 20.7 Å². The number of hydrogen-bond acceptors (Lipinski definition) is 6. The summed E-state index contributed by atoms with van der Waals surface area (Å²) in [7, 11) is 3.62. The van der Waals surface area contributed by atoms with Crippen molar-refractivity contribution in [1.29, 1.82) is 0 Å². The lowest BCUT2D eigenvalue weighted by Gasteiger charge is -2.22. The predicted molar refractivity (Wildman–Crippen MR) is 83.2 cm³/mol. The van der Waals surface area contributed by atoms with E-state index in [-0.39, 0.29) is 11.7 Å². The summed E-state index contributed by atoms with van der Waals surface area (Å²) in [6.45, 7) is 1.39. The second-order valence-electron chi connectivity index (χ2n) is 5.67. The topological polar surface area (TPSA) is 129 Å². The van der Waals surface area contributed by atoms with E-state index in [1.165, 1.54) is 10.8 Å². The molecule has 1 aliphatic heterocycles. The molecule has 3 atom stereocenters. The van der Waals surface area contributed by atoms with Crippen molar-refractivity contribution >= 4 is 12.2 Å². The smallest absolute Gasteiger partial charge is 0.351 e. The quantitative estimate of drug-likeness (QED) is 0.284. The molecule has 1 aromatic rings. The Hall–Kier alpha value is -2.42. The van der Waals surface area contributed by atoms with E-state index < -0.39 is 24.2 Å². The number of nitrogens with zero attached hydrogens (tertiary/aromatic N) is 7. The first-order valence-electron chi connectivity index (χ1n) is 7.05. The molecule has 0 radical (unpaired) electrons. The average molecular weight is 321 g/mol. The van der Waals surface area contributed by atoms with E-state index in [0.29, 0.717) is 6.42 Å². The molecule has 0 saturated carbocycles. The van der Waals surface area contributed by atoms with E-state index in [1.54, 1.807) is 17.3 Å². The fourth-order valence-corrected chi connectivity index (χ4v) is 2.45. The van der Waals surface area contributed by atoms with Gasteiger partial charge in [0.15, 0.2) is 11.5 Å². The summed E-state index contributed by atoms with van der Waals surface area (Å²) < 4.78 is 6.97. The molecule has 0 aromatic carbocycles. The second-order valence-corrected chi connectivity index (χ2v) is 5.67. The fourth-order valence-electron chi connectivity index (χ4n) is 2.45. The van der Waals surface area contributed by atoms with E-state index in [0.717, 1.165) is 0 Å². The third kappa shape index (κ3) is 3.67. The molecule has 124 valence electrons. The first-order chi connectivity index (χ1) is 10.9. The third-order valence-corrected chi connectivity index (χ3v) is 3.45. The Balaban J connectivity index is 2.29. The third-order valence-electron chi connectivity index (χ3n) is 3.45. The summed E-state index contributed by atoms with van der Waals surface area (Å²) in [5.41, 5.74) is 6.76. The number of rotatable bonds is 5. The Morgan fingerprint density at radius 1 is 1.70 bits per heavy atom. The number of ether oxygens (including phenoxy) is 1. The second kappa shape index (κ2) is 6.78. The van der Waals surface area contributed by atoms with Crippen molar-refractivity contribution in [1.82, 2.24) is 14.5 Å². The van der Waals surface area contributed by atoms with Crippen LogP contribution in [0.15, 0.2) is 27.2 Å². The lowest BCUT2D eigenvalue weighted by atomic mass is 10.0. The molecule has 10 heteroatoms. The van der Waals surface area contributed by atoms with Gasteiger partial charge in [0.25, 0.3) is 0 Å². The molecule has 0 spiro atoms. The van der Waals surface area contributed by atoms with Crippen LogP contribution in [-0.2, 0) is 4.74 Å². The lowest BCUT2D eigenvalue weighted by molar-refractivity contribution is -0.0993. The molecular formula is C13H19N7O3. The predicted octanol–water partition coefficient (Wildman–Crippen LogP) is 1.02. The molecular weight excluding hydrogens is 302 g/mol. The largest absolute Gasteiger partial charge is 0.393 e. The molecule has 10 nitrogen and oxygen atoms in total. The van der Waals surface area contributed by atoms with Gasteiger partial charge in [-0.25, -0.2) is 9.79 Å². The molecule has 0 aliphatic carbocycles. The summed E-state index contributed by atoms with van der Waals surface area (Å²) in [5, 5.41) is 13.0. The van der Waals surface area contributed by atoms with Crippen molar-refractivity contribution in [3.8, 4) is 0 Å². The van der Waals surface area contributed by atoms with Crippen LogP contribution < -0.4 is 5.69 Å². The van der Waals surface area contributed by atoms with E-state index >= 15 is 0 Å². The van der Waals surface area contributed by atoms with Crippen LogP contribution in [0.1, 0.15) is 19.6 Å². The number of hydrogen-bond donors (Lipinski definition) is 1. The standard InChI is InChI=1S/C13H19N7O3/c1-9-6-13(7-21,17-18-14)23-11(9)20-5-4-10(16-12(20)22)15-8-19(2)3/h4-5,8-9,11,21H,6-7H2,1-3H3/t9-,11?,13-/m0/s1. The molecule has 1 unspecified atom stereocenters. The van der Waals surface area contributed by atoms with Crippen LogP contribution in [0.5, 0.6) is 0 Å². The van der Waals surface area contributed by atoms with Gasteiger partial charge < -0.3 is 14.7 Å². The first-order valence-corrected chi connectivity index (χ1v) is 7.05. The van der Waals surface area contributed by atoms with Crippen molar-refractivity contribution in [3.63, 3.8) is 0 Å². The molecule has 2 rings (SSSR count). The Morgan fingerprint density at radius 3 is 3.00 bits per heavy atom. The SMILES string of the molecule is C[C@H]1C[C@](CO)(N=[N+]=[N-])OC1n1ccc(N=CN(C)C)nc1=O.